The summed E-state index contributed by atoms with van der Waals surface area (Å²) < 4.78 is 13.6. The Hall–Kier alpha value is -4.62. The molecule has 0 spiro atoms. The molecule has 2 unspecified atom stereocenters. The first-order chi connectivity index (χ1) is 26.0. The molecule has 5 aliphatic heterocycles. The van der Waals surface area contributed by atoms with E-state index in [1.807, 2.05) is 24.3 Å². The minimum Gasteiger partial charge on any atom is -0.398 e. The molecule has 2 aromatic rings. The largest absolute Gasteiger partial charge is 0.398 e. The lowest BCUT2D eigenvalue weighted by Gasteiger charge is -2.54. The average Bonchev–Trinajstić information content (AvgIpc) is 3.48. The Bertz CT molecular complexity index is 1800. The van der Waals surface area contributed by atoms with Crippen molar-refractivity contribution in [2.75, 3.05) is 70.9 Å². The first kappa shape index (κ1) is 37.7. The van der Waals surface area contributed by atoms with Gasteiger partial charge >= 0.3 is 0 Å². The molecule has 3 amide bonds. The second-order valence-corrected chi connectivity index (χ2v) is 16.2. The summed E-state index contributed by atoms with van der Waals surface area (Å²) in [6.07, 6.45) is 9.50. The smallest absolute Gasteiger partial charge is 0.255 e. The van der Waals surface area contributed by atoms with Crippen molar-refractivity contribution in [1.82, 2.24) is 30.2 Å². The number of anilines is 1. The molecule has 6 N–H and O–H groups in total. The van der Waals surface area contributed by atoms with Crippen molar-refractivity contribution in [3.05, 3.63) is 82.6 Å². The Morgan fingerprint density at radius 2 is 1.76 bits per heavy atom. The maximum atomic E-state index is 13.6. The summed E-state index contributed by atoms with van der Waals surface area (Å²) in [6.45, 7) is 11.6. The normalized spacial score (nSPS) is 25.8. The molecule has 0 radical (unpaired) electrons. The number of carbonyl (C=O) groups is 3. The molecule has 2 atom stereocenters. The summed E-state index contributed by atoms with van der Waals surface area (Å²) >= 11 is 0. The summed E-state index contributed by atoms with van der Waals surface area (Å²) in [6, 6.07) is 11.8. The maximum absolute atomic E-state index is 13.6. The second-order valence-electron chi connectivity index (χ2n) is 16.2. The molecular formula is C41H56FN9O3. The number of nitrogens with zero attached hydrogens (tertiary/aromatic N) is 5. The molecular weight excluding hydrogens is 686 g/mol. The van der Waals surface area contributed by atoms with Gasteiger partial charge in [-0.15, -0.1) is 0 Å². The Morgan fingerprint density at radius 1 is 0.981 bits per heavy atom. The van der Waals surface area contributed by atoms with E-state index in [0.29, 0.717) is 35.6 Å². The van der Waals surface area contributed by atoms with Gasteiger partial charge in [0.25, 0.3) is 5.91 Å². The van der Waals surface area contributed by atoms with Crippen LogP contribution in [0.3, 0.4) is 0 Å². The third-order valence-corrected chi connectivity index (χ3v) is 12.2. The van der Waals surface area contributed by atoms with Crippen LogP contribution in [-0.2, 0) is 16.1 Å². The monoisotopic (exact) mass is 741 g/mol. The lowest BCUT2D eigenvalue weighted by Crippen LogP contribution is -2.67. The Balaban J connectivity index is 0.000000168. The van der Waals surface area contributed by atoms with Gasteiger partial charge in [-0.2, -0.15) is 0 Å². The van der Waals surface area contributed by atoms with Gasteiger partial charge in [0.05, 0.1) is 11.2 Å². The summed E-state index contributed by atoms with van der Waals surface area (Å²) in [5.74, 6) is 0.463. The highest BCUT2D eigenvalue weighted by Gasteiger charge is 2.42. The van der Waals surface area contributed by atoms with Crippen molar-refractivity contribution >= 4 is 29.1 Å². The van der Waals surface area contributed by atoms with Crippen LogP contribution in [0.5, 0.6) is 0 Å². The molecule has 4 fully saturated rings. The zero-order chi connectivity index (χ0) is 38.0. The van der Waals surface area contributed by atoms with Crippen molar-refractivity contribution in [1.29, 1.82) is 0 Å². The number of nitrogens with two attached hydrogens (primary N) is 2. The molecule has 0 aromatic heterocycles. The van der Waals surface area contributed by atoms with E-state index in [1.165, 1.54) is 50.8 Å². The average molecular weight is 742 g/mol. The molecule has 290 valence electrons. The number of piperidine rings is 1. The van der Waals surface area contributed by atoms with E-state index >= 15 is 0 Å². The van der Waals surface area contributed by atoms with Gasteiger partial charge in [-0.25, -0.2) is 4.39 Å². The molecule has 0 bridgehead atoms. The number of imide groups is 1. The SMILES string of the molecule is CC12CNC(N)=C(/C=C(\N)c3cccc(F)c3)N1CCN(CC1CCCCC1)C2.CN1CCN(c2ccc3c(c2)C(=O)N(C2CCC(=O)NC2=O)C3)CC1. The van der Waals surface area contributed by atoms with E-state index in [-0.39, 0.29) is 35.5 Å². The van der Waals surface area contributed by atoms with Gasteiger partial charge < -0.3 is 36.4 Å². The van der Waals surface area contributed by atoms with E-state index < -0.39 is 6.04 Å². The third kappa shape index (κ3) is 8.22. The molecule has 13 heteroatoms. The first-order valence-corrected chi connectivity index (χ1v) is 19.7. The van der Waals surface area contributed by atoms with Gasteiger partial charge in [0.1, 0.15) is 17.7 Å². The number of rotatable bonds is 6. The summed E-state index contributed by atoms with van der Waals surface area (Å²) in [5, 5.41) is 5.72. The van der Waals surface area contributed by atoms with E-state index in [2.05, 4.69) is 50.3 Å². The fraction of sp³-hybridized carbons (Fsp3) is 0.537. The van der Waals surface area contributed by atoms with Crippen LogP contribution in [0.1, 0.15) is 73.4 Å². The van der Waals surface area contributed by atoms with E-state index in [9.17, 15) is 18.8 Å². The van der Waals surface area contributed by atoms with Crippen molar-refractivity contribution in [2.24, 2.45) is 17.4 Å². The molecule has 5 heterocycles. The molecule has 6 aliphatic rings. The van der Waals surface area contributed by atoms with Crippen LogP contribution in [-0.4, -0.2) is 115 Å². The lowest BCUT2D eigenvalue weighted by molar-refractivity contribution is -0.136. The van der Waals surface area contributed by atoms with E-state index in [1.54, 1.807) is 11.0 Å². The highest BCUT2D eigenvalue weighted by atomic mass is 19.1. The Morgan fingerprint density at radius 3 is 2.50 bits per heavy atom. The van der Waals surface area contributed by atoms with Crippen molar-refractivity contribution in [2.45, 2.75) is 70.0 Å². The van der Waals surface area contributed by atoms with Crippen LogP contribution >= 0.6 is 0 Å². The number of hydrogen-bond acceptors (Lipinski definition) is 10. The van der Waals surface area contributed by atoms with Crippen LogP contribution in [0.15, 0.2) is 60.1 Å². The Kier molecular flexibility index (Phi) is 11.2. The second kappa shape index (κ2) is 16.0. The molecule has 8 rings (SSSR count). The number of halogens is 1. The molecule has 2 aromatic carbocycles. The van der Waals surface area contributed by atoms with Gasteiger partial charge in [0.2, 0.25) is 11.8 Å². The lowest BCUT2D eigenvalue weighted by atomic mass is 9.87. The maximum Gasteiger partial charge on any atom is 0.255 e. The number of carbonyl (C=O) groups excluding carboxylic acids is 3. The van der Waals surface area contributed by atoms with Crippen molar-refractivity contribution in [3.8, 4) is 0 Å². The van der Waals surface area contributed by atoms with Crippen LogP contribution in [0.25, 0.3) is 5.70 Å². The van der Waals surface area contributed by atoms with Gasteiger partial charge in [-0.05, 0) is 75.1 Å². The topological polar surface area (TPSA) is 144 Å². The minimum atomic E-state index is -0.551. The number of piperazine rings is 2. The summed E-state index contributed by atoms with van der Waals surface area (Å²) in [4.78, 5) is 47.5. The predicted octanol–water partition coefficient (Wildman–Crippen LogP) is 3.01. The number of likely N-dealkylation sites (N-methyl/N-ethyl adjacent to an activating group) is 1. The molecule has 54 heavy (non-hydrogen) atoms. The fourth-order valence-corrected chi connectivity index (χ4v) is 8.99. The van der Waals surface area contributed by atoms with Gasteiger partial charge in [-0.3, -0.25) is 24.6 Å². The fourth-order valence-electron chi connectivity index (χ4n) is 8.99. The number of allylic oxidation sites excluding steroid dienone is 1. The molecule has 12 nitrogen and oxygen atoms in total. The highest BCUT2D eigenvalue weighted by molar-refractivity contribution is 6.05. The van der Waals surface area contributed by atoms with Gasteiger partial charge in [0, 0.05) is 94.4 Å². The molecule has 1 saturated carbocycles. The van der Waals surface area contributed by atoms with Gasteiger partial charge in [-0.1, -0.05) is 37.5 Å². The van der Waals surface area contributed by atoms with Crippen molar-refractivity contribution < 1.29 is 18.8 Å². The number of amides is 3. The standard InChI is InChI=1S/C23H34FN5.C18H22N4O3/c1-23-15-27-22(26)21(13-20(25)18-8-5-9-19(24)12-18)29(23)11-10-28(16-23)14-17-6-3-2-4-7-17;1-20-6-8-21(9-7-20)13-3-2-12-11-22(18(25)14(12)10-13)15-4-5-16(23)19-17(15)24/h5,8-9,12-13,17,27H,2-4,6-7,10-11,14-16,25-26H2,1H3;2-3,10,15H,4-9,11H2,1H3,(H,19,23,24)/b20-13-;. The van der Waals surface area contributed by atoms with Crippen LogP contribution < -0.4 is 27.0 Å². The van der Waals surface area contributed by atoms with Gasteiger partial charge in [0.15, 0.2) is 0 Å². The number of fused-ring (bicyclic) bond motifs is 2. The van der Waals surface area contributed by atoms with E-state index in [0.717, 1.165) is 75.2 Å². The third-order valence-electron chi connectivity index (χ3n) is 12.2. The summed E-state index contributed by atoms with van der Waals surface area (Å²) in [5.41, 5.74) is 17.4. The number of benzene rings is 2. The zero-order valence-electron chi connectivity index (χ0n) is 31.8. The number of hydrogen-bond donors (Lipinski definition) is 4. The predicted molar refractivity (Wildman–Crippen MR) is 208 cm³/mol. The highest BCUT2D eigenvalue weighted by Crippen LogP contribution is 2.34. The minimum absolute atomic E-state index is 0.0379. The molecule has 1 aliphatic carbocycles. The van der Waals surface area contributed by atoms with Crippen molar-refractivity contribution in [3.63, 3.8) is 0 Å². The Labute approximate surface area is 318 Å². The molecule has 3 saturated heterocycles. The first-order valence-electron chi connectivity index (χ1n) is 19.7. The van der Waals surface area contributed by atoms with E-state index in [4.69, 9.17) is 11.5 Å². The number of nitrogens with one attached hydrogen (secondary N) is 2. The zero-order valence-corrected chi connectivity index (χ0v) is 31.8. The van der Waals surface area contributed by atoms with Crippen LogP contribution in [0.2, 0.25) is 0 Å². The van der Waals surface area contributed by atoms with Crippen LogP contribution in [0, 0.1) is 11.7 Å². The van der Waals surface area contributed by atoms with Crippen LogP contribution in [0.4, 0.5) is 10.1 Å². The quantitative estimate of drug-likeness (QED) is 0.327. The summed E-state index contributed by atoms with van der Waals surface area (Å²) in [7, 11) is 2.11.